The molecule has 1 heterocycles. The molecular weight excluding hydrogens is 312 g/mol. The van der Waals surface area contributed by atoms with Crippen LogP contribution >= 0.6 is 12.4 Å². The minimum Gasteiger partial charge on any atom is -0.336 e. The van der Waals surface area contributed by atoms with Crippen molar-refractivity contribution in [2.45, 2.75) is 18.7 Å². The van der Waals surface area contributed by atoms with Crippen LogP contribution in [0, 0.1) is 13.8 Å². The van der Waals surface area contributed by atoms with Crippen LogP contribution in [0.15, 0.2) is 17.0 Å². The molecule has 0 aromatic heterocycles. The number of carbonyl (C=O) groups excluding carboxylic acids is 1. The van der Waals surface area contributed by atoms with Gasteiger partial charge in [0.25, 0.3) is 5.91 Å². The van der Waals surface area contributed by atoms with Crippen molar-refractivity contribution in [1.82, 2.24) is 10.2 Å². The topological polar surface area (TPSA) is 66.5 Å². The summed E-state index contributed by atoms with van der Waals surface area (Å²) in [5.74, 6) is -0.0856. The maximum absolute atomic E-state index is 12.6. The van der Waals surface area contributed by atoms with Crippen LogP contribution in [-0.4, -0.2) is 51.7 Å². The van der Waals surface area contributed by atoms with Gasteiger partial charge in [-0.05, 0) is 37.1 Å². The van der Waals surface area contributed by atoms with Crippen LogP contribution in [0.25, 0.3) is 0 Å². The van der Waals surface area contributed by atoms with Crippen molar-refractivity contribution in [3.8, 4) is 0 Å². The van der Waals surface area contributed by atoms with Gasteiger partial charge in [-0.1, -0.05) is 0 Å². The number of hydrogen-bond donors (Lipinski definition) is 1. The number of aryl methyl sites for hydroxylation is 1. The second-order valence-corrected chi connectivity index (χ2v) is 7.24. The molecule has 0 aliphatic carbocycles. The third-order valence-electron chi connectivity index (χ3n) is 3.70. The van der Waals surface area contributed by atoms with Gasteiger partial charge < -0.3 is 10.2 Å². The molecule has 1 N–H and O–H groups in total. The number of nitrogens with one attached hydrogen (secondary N) is 1. The smallest absolute Gasteiger partial charge is 0.254 e. The minimum absolute atomic E-state index is 0. The van der Waals surface area contributed by atoms with Crippen molar-refractivity contribution in [2.75, 3.05) is 32.4 Å². The molecule has 0 radical (unpaired) electrons. The van der Waals surface area contributed by atoms with Gasteiger partial charge in [-0.2, -0.15) is 0 Å². The molecule has 0 spiro atoms. The van der Waals surface area contributed by atoms with Crippen LogP contribution in [0.1, 0.15) is 21.5 Å². The van der Waals surface area contributed by atoms with Gasteiger partial charge in [0.15, 0.2) is 9.84 Å². The number of rotatable bonds is 2. The van der Waals surface area contributed by atoms with Crippen molar-refractivity contribution in [1.29, 1.82) is 0 Å². The average Bonchev–Trinajstić information content (AvgIpc) is 2.40. The Bertz CT molecular complexity index is 638. The summed E-state index contributed by atoms with van der Waals surface area (Å²) in [4.78, 5) is 14.5. The van der Waals surface area contributed by atoms with Crippen molar-refractivity contribution < 1.29 is 13.2 Å². The molecule has 1 aliphatic rings. The number of nitrogens with zero attached hydrogens (tertiary/aromatic N) is 1. The average molecular weight is 333 g/mol. The zero-order valence-corrected chi connectivity index (χ0v) is 14.1. The highest BCUT2D eigenvalue weighted by molar-refractivity contribution is 7.90. The maximum atomic E-state index is 12.6. The molecule has 118 valence electrons. The molecule has 1 aromatic carbocycles. The number of piperazine rings is 1. The zero-order valence-electron chi connectivity index (χ0n) is 12.5. The van der Waals surface area contributed by atoms with E-state index in [4.69, 9.17) is 0 Å². The SMILES string of the molecule is Cc1cc(S(C)(=O)=O)cc(C(=O)N2CCNCC2)c1C.Cl. The summed E-state index contributed by atoms with van der Waals surface area (Å²) in [5.41, 5.74) is 2.17. The molecule has 0 unspecified atom stereocenters. The van der Waals surface area contributed by atoms with Gasteiger partial charge in [0, 0.05) is 38.0 Å². The van der Waals surface area contributed by atoms with Crippen molar-refractivity contribution in [2.24, 2.45) is 0 Å². The molecule has 0 bridgehead atoms. The molecule has 5 nitrogen and oxygen atoms in total. The Morgan fingerprint density at radius 2 is 1.76 bits per heavy atom. The fourth-order valence-corrected chi connectivity index (χ4v) is 3.02. The summed E-state index contributed by atoms with van der Waals surface area (Å²) in [7, 11) is -3.31. The van der Waals surface area contributed by atoms with E-state index < -0.39 is 9.84 Å². The molecule has 2 rings (SSSR count). The lowest BCUT2D eigenvalue weighted by Crippen LogP contribution is -2.46. The number of hydrogen-bond acceptors (Lipinski definition) is 4. The second-order valence-electron chi connectivity index (χ2n) is 5.23. The lowest BCUT2D eigenvalue weighted by Gasteiger charge is -2.28. The quantitative estimate of drug-likeness (QED) is 0.883. The van der Waals surface area contributed by atoms with Crippen LogP contribution in [0.2, 0.25) is 0 Å². The normalized spacial score (nSPS) is 15.5. The van der Waals surface area contributed by atoms with E-state index in [1.54, 1.807) is 11.0 Å². The fraction of sp³-hybridized carbons (Fsp3) is 0.500. The largest absolute Gasteiger partial charge is 0.336 e. The van der Waals surface area contributed by atoms with E-state index in [1.165, 1.54) is 6.07 Å². The van der Waals surface area contributed by atoms with Crippen LogP contribution in [0.5, 0.6) is 0 Å². The van der Waals surface area contributed by atoms with Crippen LogP contribution in [0.3, 0.4) is 0 Å². The van der Waals surface area contributed by atoms with Crippen molar-refractivity contribution in [3.63, 3.8) is 0 Å². The summed E-state index contributed by atoms with van der Waals surface area (Å²) in [6.07, 6.45) is 1.16. The van der Waals surface area contributed by atoms with E-state index in [0.717, 1.165) is 30.5 Å². The van der Waals surface area contributed by atoms with Gasteiger partial charge >= 0.3 is 0 Å². The van der Waals surface area contributed by atoms with E-state index in [2.05, 4.69) is 5.32 Å². The third-order valence-corrected chi connectivity index (χ3v) is 4.80. The molecule has 1 amide bonds. The van der Waals surface area contributed by atoms with Crippen molar-refractivity contribution in [3.05, 3.63) is 28.8 Å². The molecule has 1 aliphatic heterocycles. The Labute approximate surface area is 132 Å². The standard InChI is InChI=1S/C14H20N2O3S.ClH/c1-10-8-12(20(3,18)19)9-13(11(10)2)14(17)16-6-4-15-5-7-16;/h8-9,15H,4-7H2,1-3H3;1H. The van der Waals surface area contributed by atoms with Crippen LogP contribution in [-0.2, 0) is 9.84 Å². The van der Waals surface area contributed by atoms with Gasteiger partial charge in [-0.25, -0.2) is 8.42 Å². The van der Waals surface area contributed by atoms with E-state index in [-0.39, 0.29) is 23.2 Å². The Hall–Kier alpha value is -1.11. The molecule has 7 heteroatoms. The van der Waals surface area contributed by atoms with Gasteiger partial charge in [0.05, 0.1) is 4.90 Å². The summed E-state index contributed by atoms with van der Waals surface area (Å²) in [6, 6.07) is 3.13. The molecule has 21 heavy (non-hydrogen) atoms. The summed E-state index contributed by atoms with van der Waals surface area (Å²) in [6.45, 7) is 6.54. The first-order chi connectivity index (χ1) is 9.30. The van der Waals surface area contributed by atoms with Gasteiger partial charge in [0.1, 0.15) is 0 Å². The first kappa shape index (κ1) is 17.9. The number of amides is 1. The predicted molar refractivity (Wildman–Crippen MR) is 85.0 cm³/mol. The molecule has 0 atom stereocenters. The first-order valence-electron chi connectivity index (χ1n) is 6.62. The highest BCUT2D eigenvalue weighted by atomic mass is 35.5. The minimum atomic E-state index is -3.31. The summed E-state index contributed by atoms with van der Waals surface area (Å²) in [5, 5.41) is 3.19. The second kappa shape index (κ2) is 6.77. The fourth-order valence-electron chi connectivity index (χ4n) is 2.30. The van der Waals surface area contributed by atoms with Gasteiger partial charge in [-0.3, -0.25) is 4.79 Å². The third kappa shape index (κ3) is 3.96. The first-order valence-corrected chi connectivity index (χ1v) is 8.51. The predicted octanol–water partition coefficient (Wildman–Crippen LogP) is 1.17. The maximum Gasteiger partial charge on any atom is 0.254 e. The summed E-state index contributed by atoms with van der Waals surface area (Å²) < 4.78 is 23.4. The Kier molecular flexibility index (Phi) is 5.78. The number of halogens is 1. The monoisotopic (exact) mass is 332 g/mol. The summed E-state index contributed by atoms with van der Waals surface area (Å²) >= 11 is 0. The Morgan fingerprint density at radius 1 is 1.19 bits per heavy atom. The number of carbonyl (C=O) groups is 1. The Balaban J connectivity index is 0.00000220. The van der Waals surface area contributed by atoms with Gasteiger partial charge in [-0.15, -0.1) is 12.4 Å². The molecule has 1 aromatic rings. The molecule has 1 fully saturated rings. The Morgan fingerprint density at radius 3 is 2.29 bits per heavy atom. The van der Waals surface area contributed by atoms with Gasteiger partial charge in [0.2, 0.25) is 0 Å². The van der Waals surface area contributed by atoms with E-state index >= 15 is 0 Å². The van der Waals surface area contributed by atoms with Crippen LogP contribution in [0.4, 0.5) is 0 Å². The molecular formula is C14H21ClN2O3S. The molecule has 0 saturated carbocycles. The van der Waals surface area contributed by atoms with Crippen molar-refractivity contribution >= 4 is 28.2 Å². The van der Waals surface area contributed by atoms with E-state index in [0.29, 0.717) is 18.7 Å². The van der Waals surface area contributed by atoms with E-state index in [9.17, 15) is 13.2 Å². The highest BCUT2D eigenvalue weighted by Crippen LogP contribution is 2.21. The lowest BCUT2D eigenvalue weighted by molar-refractivity contribution is 0.0734. The molecule has 1 saturated heterocycles. The van der Waals surface area contributed by atoms with E-state index in [1.807, 2.05) is 13.8 Å². The number of sulfone groups is 1. The zero-order chi connectivity index (χ0) is 14.9. The van der Waals surface area contributed by atoms with Crippen LogP contribution < -0.4 is 5.32 Å². The number of benzene rings is 1. The highest BCUT2D eigenvalue weighted by Gasteiger charge is 2.22. The lowest BCUT2D eigenvalue weighted by atomic mass is 10.0.